The highest BCUT2D eigenvalue weighted by Crippen LogP contribution is 2.19. The molecule has 0 spiro atoms. The van der Waals surface area contributed by atoms with Crippen LogP contribution in [0.1, 0.15) is 21.8 Å². The van der Waals surface area contributed by atoms with Gasteiger partial charge < -0.3 is 9.73 Å². The van der Waals surface area contributed by atoms with Crippen LogP contribution in [0.4, 0.5) is 0 Å². The van der Waals surface area contributed by atoms with Crippen molar-refractivity contribution in [1.82, 2.24) is 10.3 Å². The van der Waals surface area contributed by atoms with Crippen LogP contribution < -0.4 is 5.32 Å². The van der Waals surface area contributed by atoms with Crippen molar-refractivity contribution in [3.8, 4) is 0 Å². The molecular weight excluding hydrogens is 300 g/mol. The normalized spacial score (nSPS) is 11.0. The first-order chi connectivity index (χ1) is 11.7. The predicted octanol–water partition coefficient (Wildman–Crippen LogP) is 4.22. The van der Waals surface area contributed by atoms with E-state index in [-0.39, 0.29) is 5.91 Å². The smallest absolute Gasteiger partial charge is 0.253 e. The average molecular weight is 316 g/mol. The van der Waals surface area contributed by atoms with Crippen molar-refractivity contribution in [3.05, 3.63) is 77.7 Å². The number of aryl methyl sites for hydroxylation is 1. The number of furan rings is 1. The van der Waals surface area contributed by atoms with Crippen molar-refractivity contribution in [2.45, 2.75) is 13.5 Å². The molecule has 4 aromatic rings. The first-order valence-electron chi connectivity index (χ1n) is 7.83. The summed E-state index contributed by atoms with van der Waals surface area (Å²) in [5, 5.41) is 4.90. The quantitative estimate of drug-likeness (QED) is 0.615. The van der Waals surface area contributed by atoms with Crippen LogP contribution in [0.3, 0.4) is 0 Å². The molecule has 4 heteroatoms. The van der Waals surface area contributed by atoms with Crippen molar-refractivity contribution >= 4 is 27.8 Å². The minimum Gasteiger partial charge on any atom is -0.459 e. The van der Waals surface area contributed by atoms with E-state index in [1.165, 1.54) is 0 Å². The van der Waals surface area contributed by atoms with Gasteiger partial charge in [0.25, 0.3) is 5.91 Å². The predicted molar refractivity (Wildman–Crippen MR) is 93.9 cm³/mol. The third-order valence-corrected chi connectivity index (χ3v) is 4.06. The molecule has 2 aromatic carbocycles. The number of benzene rings is 2. The first-order valence-corrected chi connectivity index (χ1v) is 7.83. The average Bonchev–Trinajstić information content (AvgIpc) is 3.02. The number of hydrogen-bond acceptors (Lipinski definition) is 3. The summed E-state index contributed by atoms with van der Waals surface area (Å²) in [5.41, 5.74) is 3.02. The highest BCUT2D eigenvalue weighted by Gasteiger charge is 2.12. The maximum atomic E-state index is 12.5. The molecule has 1 amide bonds. The molecule has 0 aliphatic heterocycles. The highest BCUT2D eigenvalue weighted by molar-refractivity contribution is 5.98. The van der Waals surface area contributed by atoms with Crippen molar-refractivity contribution < 1.29 is 9.21 Å². The monoisotopic (exact) mass is 316 g/mol. The maximum absolute atomic E-state index is 12.5. The molecule has 118 valence electrons. The number of carbonyl (C=O) groups is 1. The summed E-state index contributed by atoms with van der Waals surface area (Å²) in [6.45, 7) is 2.20. The van der Waals surface area contributed by atoms with Crippen molar-refractivity contribution in [3.63, 3.8) is 0 Å². The fourth-order valence-corrected chi connectivity index (χ4v) is 2.83. The minimum atomic E-state index is -0.147. The lowest BCUT2D eigenvalue weighted by atomic mass is 10.1. The third kappa shape index (κ3) is 2.63. The van der Waals surface area contributed by atoms with E-state index >= 15 is 0 Å². The van der Waals surface area contributed by atoms with E-state index in [0.29, 0.717) is 12.1 Å². The van der Waals surface area contributed by atoms with Gasteiger partial charge in [-0.15, -0.1) is 0 Å². The molecular formula is C20H16N2O2. The summed E-state index contributed by atoms with van der Waals surface area (Å²) >= 11 is 0. The second-order valence-corrected chi connectivity index (χ2v) is 5.75. The molecule has 1 N–H and O–H groups in total. The van der Waals surface area contributed by atoms with Gasteiger partial charge in [0, 0.05) is 10.8 Å². The number of rotatable bonds is 3. The maximum Gasteiger partial charge on any atom is 0.253 e. The van der Waals surface area contributed by atoms with Crippen LogP contribution in [0, 0.1) is 6.92 Å². The van der Waals surface area contributed by atoms with Gasteiger partial charge in [-0.3, -0.25) is 9.78 Å². The molecule has 2 aromatic heterocycles. The SMILES string of the molecule is Cc1nc2ccccc2cc1C(=O)NCc1cc2ccccc2o1. The molecule has 0 fully saturated rings. The number of pyridine rings is 1. The number of fused-ring (bicyclic) bond motifs is 2. The van der Waals surface area contributed by atoms with Gasteiger partial charge in [-0.05, 0) is 31.2 Å². The number of aromatic nitrogens is 1. The second-order valence-electron chi connectivity index (χ2n) is 5.75. The van der Waals surface area contributed by atoms with E-state index in [2.05, 4.69) is 10.3 Å². The summed E-state index contributed by atoms with van der Waals surface area (Å²) in [7, 11) is 0. The van der Waals surface area contributed by atoms with Gasteiger partial charge >= 0.3 is 0 Å². The first kappa shape index (κ1) is 14.5. The Morgan fingerprint density at radius 3 is 2.62 bits per heavy atom. The van der Waals surface area contributed by atoms with Crippen molar-refractivity contribution in [2.24, 2.45) is 0 Å². The minimum absolute atomic E-state index is 0.147. The molecule has 0 unspecified atom stereocenters. The van der Waals surface area contributed by atoms with Gasteiger partial charge in [-0.1, -0.05) is 36.4 Å². The molecule has 0 aliphatic rings. The lowest BCUT2D eigenvalue weighted by Crippen LogP contribution is -2.23. The van der Waals surface area contributed by atoms with Crippen LogP contribution in [0.15, 0.2) is 65.1 Å². The topological polar surface area (TPSA) is 55.1 Å². The largest absolute Gasteiger partial charge is 0.459 e. The summed E-state index contributed by atoms with van der Waals surface area (Å²) in [6, 6.07) is 19.4. The van der Waals surface area contributed by atoms with E-state index in [1.54, 1.807) is 0 Å². The number of carbonyl (C=O) groups excluding carboxylic acids is 1. The Morgan fingerprint density at radius 1 is 1.04 bits per heavy atom. The molecule has 0 atom stereocenters. The Bertz CT molecular complexity index is 1020. The van der Waals surface area contributed by atoms with Gasteiger partial charge in [0.15, 0.2) is 0 Å². The Balaban J connectivity index is 1.56. The molecule has 0 radical (unpaired) electrons. The van der Waals surface area contributed by atoms with Crippen molar-refractivity contribution in [2.75, 3.05) is 0 Å². The Hall–Kier alpha value is -3.14. The number of nitrogens with zero attached hydrogens (tertiary/aromatic N) is 1. The fourth-order valence-electron chi connectivity index (χ4n) is 2.83. The molecule has 0 bridgehead atoms. The van der Waals surface area contributed by atoms with Gasteiger partial charge in [-0.25, -0.2) is 0 Å². The summed E-state index contributed by atoms with van der Waals surface area (Å²) < 4.78 is 5.72. The van der Waals surface area contributed by atoms with E-state index in [1.807, 2.05) is 67.6 Å². The molecule has 4 rings (SSSR count). The van der Waals surface area contributed by atoms with Gasteiger partial charge in [0.05, 0.1) is 23.3 Å². The Kier molecular flexibility index (Phi) is 3.50. The summed E-state index contributed by atoms with van der Waals surface area (Å²) in [6.07, 6.45) is 0. The van der Waals surface area contributed by atoms with E-state index < -0.39 is 0 Å². The van der Waals surface area contributed by atoms with E-state index in [0.717, 1.165) is 33.3 Å². The van der Waals surface area contributed by atoms with Crippen LogP contribution in [0.5, 0.6) is 0 Å². The zero-order chi connectivity index (χ0) is 16.5. The second kappa shape index (κ2) is 5.81. The fraction of sp³-hybridized carbons (Fsp3) is 0.100. The number of para-hydroxylation sites is 2. The Morgan fingerprint density at radius 2 is 1.79 bits per heavy atom. The summed E-state index contributed by atoms with van der Waals surface area (Å²) in [4.78, 5) is 17.0. The summed E-state index contributed by atoms with van der Waals surface area (Å²) in [5.74, 6) is 0.585. The molecule has 0 saturated heterocycles. The van der Waals surface area contributed by atoms with E-state index in [4.69, 9.17) is 4.42 Å². The number of nitrogens with one attached hydrogen (secondary N) is 1. The van der Waals surface area contributed by atoms with Crippen LogP contribution in [-0.4, -0.2) is 10.9 Å². The molecule has 0 saturated carbocycles. The van der Waals surface area contributed by atoms with Gasteiger partial charge in [0.1, 0.15) is 11.3 Å². The third-order valence-electron chi connectivity index (χ3n) is 4.06. The van der Waals surface area contributed by atoms with Crippen LogP contribution in [0.25, 0.3) is 21.9 Å². The standard InChI is InChI=1S/C20H16N2O2/c1-13-17(11-14-6-2-4-8-18(14)22-13)20(23)21-12-16-10-15-7-3-5-9-19(15)24-16/h2-11H,12H2,1H3,(H,21,23). The highest BCUT2D eigenvalue weighted by atomic mass is 16.3. The zero-order valence-electron chi connectivity index (χ0n) is 13.2. The number of hydrogen-bond donors (Lipinski definition) is 1. The van der Waals surface area contributed by atoms with E-state index in [9.17, 15) is 4.79 Å². The van der Waals surface area contributed by atoms with Crippen LogP contribution in [-0.2, 0) is 6.54 Å². The lowest BCUT2D eigenvalue weighted by Gasteiger charge is -2.07. The molecule has 2 heterocycles. The molecule has 24 heavy (non-hydrogen) atoms. The van der Waals surface area contributed by atoms with Gasteiger partial charge in [-0.2, -0.15) is 0 Å². The van der Waals surface area contributed by atoms with Crippen LogP contribution >= 0.6 is 0 Å². The number of amides is 1. The van der Waals surface area contributed by atoms with Gasteiger partial charge in [0.2, 0.25) is 0 Å². The zero-order valence-corrected chi connectivity index (χ0v) is 13.2. The Labute approximate surface area is 139 Å². The molecule has 4 nitrogen and oxygen atoms in total. The van der Waals surface area contributed by atoms with Crippen LogP contribution in [0.2, 0.25) is 0 Å². The van der Waals surface area contributed by atoms with Crippen molar-refractivity contribution in [1.29, 1.82) is 0 Å². The molecule has 0 aliphatic carbocycles. The lowest BCUT2D eigenvalue weighted by molar-refractivity contribution is 0.0947.